The molecule has 1 aromatic carbocycles. The van der Waals surface area contributed by atoms with Crippen molar-refractivity contribution >= 4 is 5.97 Å². The minimum atomic E-state index is -1.06. The highest BCUT2D eigenvalue weighted by molar-refractivity contribution is 5.68. The smallest absolute Gasteiger partial charge is 0.124 e. The van der Waals surface area contributed by atoms with E-state index in [9.17, 15) is 9.90 Å². The van der Waals surface area contributed by atoms with Crippen LogP contribution in [0.25, 0.3) is 0 Å². The van der Waals surface area contributed by atoms with Gasteiger partial charge in [-0.2, -0.15) is 0 Å². The van der Waals surface area contributed by atoms with Crippen LogP contribution in [-0.2, 0) is 11.2 Å². The molecule has 0 spiro atoms. The predicted octanol–water partition coefficient (Wildman–Crippen LogP) is -0.630. The number of hydrogen-bond donors (Lipinski definition) is 1. The van der Waals surface area contributed by atoms with Crippen LogP contribution in [0.1, 0.15) is 18.4 Å². The zero-order chi connectivity index (χ0) is 10.4. The van der Waals surface area contributed by atoms with Crippen LogP contribution in [0, 0.1) is 0 Å². The molecule has 1 atom stereocenters. The molecule has 0 aliphatic rings. The van der Waals surface area contributed by atoms with Crippen LogP contribution in [0.4, 0.5) is 0 Å². The van der Waals surface area contributed by atoms with E-state index in [4.69, 9.17) is 0 Å². The van der Waals surface area contributed by atoms with E-state index in [2.05, 4.69) is 5.73 Å². The lowest BCUT2D eigenvalue weighted by Crippen LogP contribution is -2.68. The van der Waals surface area contributed by atoms with Crippen molar-refractivity contribution in [3.63, 3.8) is 0 Å². The predicted molar refractivity (Wildman–Crippen MR) is 51.1 cm³/mol. The average molecular weight is 193 g/mol. The molecule has 0 unspecified atom stereocenters. The van der Waals surface area contributed by atoms with Crippen molar-refractivity contribution < 1.29 is 15.6 Å². The van der Waals surface area contributed by atoms with Crippen molar-refractivity contribution in [1.82, 2.24) is 0 Å². The van der Waals surface area contributed by atoms with E-state index in [1.54, 1.807) is 0 Å². The Morgan fingerprint density at radius 2 is 2.00 bits per heavy atom. The summed E-state index contributed by atoms with van der Waals surface area (Å²) in [6, 6.07) is 9.42. The monoisotopic (exact) mass is 193 g/mol. The van der Waals surface area contributed by atoms with Crippen molar-refractivity contribution in [3.05, 3.63) is 35.9 Å². The molecule has 1 rings (SSSR count). The van der Waals surface area contributed by atoms with Gasteiger partial charge in [-0.05, 0) is 18.4 Å². The number of aliphatic carboxylic acids is 1. The maximum absolute atomic E-state index is 10.4. The number of benzene rings is 1. The summed E-state index contributed by atoms with van der Waals surface area (Å²) in [6.45, 7) is 0. The van der Waals surface area contributed by atoms with E-state index in [1.165, 1.54) is 5.56 Å². The molecule has 0 heterocycles. The number of hydrogen-bond acceptors (Lipinski definition) is 2. The third-order valence-electron chi connectivity index (χ3n) is 2.19. The highest BCUT2D eigenvalue weighted by Gasteiger charge is 2.05. The maximum atomic E-state index is 10.4. The van der Waals surface area contributed by atoms with E-state index in [1.807, 2.05) is 30.3 Å². The Bertz CT molecular complexity index is 285. The first-order valence-corrected chi connectivity index (χ1v) is 4.78. The largest absolute Gasteiger partial charge is 0.544 e. The maximum Gasteiger partial charge on any atom is 0.124 e. The van der Waals surface area contributed by atoms with Gasteiger partial charge in [0.05, 0.1) is 5.97 Å². The van der Waals surface area contributed by atoms with E-state index in [0.717, 1.165) is 12.8 Å². The van der Waals surface area contributed by atoms with Crippen molar-refractivity contribution in [1.29, 1.82) is 0 Å². The van der Waals surface area contributed by atoms with Crippen molar-refractivity contribution in [3.8, 4) is 0 Å². The van der Waals surface area contributed by atoms with Gasteiger partial charge in [-0.15, -0.1) is 0 Å². The van der Waals surface area contributed by atoms with Crippen LogP contribution in [0.2, 0.25) is 0 Å². The van der Waals surface area contributed by atoms with Gasteiger partial charge in [0.15, 0.2) is 0 Å². The lowest BCUT2D eigenvalue weighted by atomic mass is 10.1. The van der Waals surface area contributed by atoms with E-state index in [-0.39, 0.29) is 0 Å². The van der Waals surface area contributed by atoms with E-state index >= 15 is 0 Å². The molecule has 1 aromatic rings. The van der Waals surface area contributed by atoms with Crippen molar-refractivity contribution in [2.24, 2.45) is 0 Å². The fourth-order valence-corrected chi connectivity index (χ4v) is 1.32. The normalized spacial score (nSPS) is 12.4. The van der Waals surface area contributed by atoms with Gasteiger partial charge in [-0.25, -0.2) is 0 Å². The highest BCUT2D eigenvalue weighted by Crippen LogP contribution is 2.04. The molecule has 14 heavy (non-hydrogen) atoms. The summed E-state index contributed by atoms with van der Waals surface area (Å²) in [6.07, 6.45) is 2.32. The number of carboxylic acids is 1. The van der Waals surface area contributed by atoms with Crippen molar-refractivity contribution in [2.75, 3.05) is 0 Å². The van der Waals surface area contributed by atoms with Crippen LogP contribution in [0.3, 0.4) is 0 Å². The van der Waals surface area contributed by atoms with Crippen LogP contribution in [0.5, 0.6) is 0 Å². The second-order valence-electron chi connectivity index (χ2n) is 3.39. The summed E-state index contributed by atoms with van der Waals surface area (Å²) in [5, 5.41) is 10.4. The van der Waals surface area contributed by atoms with Gasteiger partial charge < -0.3 is 15.6 Å². The zero-order valence-electron chi connectivity index (χ0n) is 8.11. The molecule has 0 bridgehead atoms. The minimum Gasteiger partial charge on any atom is -0.544 e. The van der Waals surface area contributed by atoms with Gasteiger partial charge in [0.1, 0.15) is 6.04 Å². The molecule has 76 valence electrons. The molecule has 3 heteroatoms. The Kier molecular flexibility index (Phi) is 4.13. The number of carbonyl (C=O) groups excluding carboxylic acids is 1. The summed E-state index contributed by atoms with van der Waals surface area (Å²) in [5.74, 6) is -1.06. The van der Waals surface area contributed by atoms with Crippen molar-refractivity contribution in [2.45, 2.75) is 25.3 Å². The minimum absolute atomic E-state index is 0.581. The van der Waals surface area contributed by atoms with E-state index in [0.29, 0.717) is 6.42 Å². The summed E-state index contributed by atoms with van der Waals surface area (Å²) in [4.78, 5) is 10.4. The Labute approximate surface area is 83.6 Å². The first kappa shape index (κ1) is 10.7. The molecule has 0 radical (unpaired) electrons. The average Bonchev–Trinajstić information content (AvgIpc) is 2.19. The summed E-state index contributed by atoms with van der Waals surface area (Å²) < 4.78 is 0. The third kappa shape index (κ3) is 3.58. The number of carbonyl (C=O) groups is 1. The molecular weight excluding hydrogens is 178 g/mol. The van der Waals surface area contributed by atoms with Gasteiger partial charge in [0.2, 0.25) is 0 Å². The van der Waals surface area contributed by atoms with Crippen LogP contribution in [0.15, 0.2) is 30.3 Å². The molecule has 0 amide bonds. The number of carboxylic acid groups (broad SMARTS) is 1. The van der Waals surface area contributed by atoms with Gasteiger partial charge in [0, 0.05) is 6.42 Å². The standard InChI is InChI=1S/C11H15NO2/c12-10(11(13)14)8-4-7-9-5-2-1-3-6-9/h1-3,5-6,10H,4,7-8,12H2,(H,13,14)/t10-/m1/s1. The van der Waals surface area contributed by atoms with Crippen LogP contribution < -0.4 is 10.8 Å². The first-order valence-electron chi connectivity index (χ1n) is 4.78. The molecule has 0 saturated heterocycles. The third-order valence-corrected chi connectivity index (χ3v) is 2.19. The first-order chi connectivity index (χ1) is 6.70. The van der Waals surface area contributed by atoms with Gasteiger partial charge >= 0.3 is 0 Å². The molecule has 0 fully saturated rings. The zero-order valence-corrected chi connectivity index (χ0v) is 8.11. The lowest BCUT2D eigenvalue weighted by molar-refractivity contribution is -0.438. The number of rotatable bonds is 5. The van der Waals surface area contributed by atoms with Gasteiger partial charge in [-0.3, -0.25) is 0 Å². The Morgan fingerprint density at radius 1 is 1.36 bits per heavy atom. The van der Waals surface area contributed by atoms with Crippen LogP contribution in [-0.4, -0.2) is 12.0 Å². The van der Waals surface area contributed by atoms with Gasteiger partial charge in [-0.1, -0.05) is 30.3 Å². The summed E-state index contributed by atoms with van der Waals surface area (Å²) in [7, 11) is 0. The molecule has 3 nitrogen and oxygen atoms in total. The van der Waals surface area contributed by atoms with Crippen LogP contribution >= 0.6 is 0 Å². The van der Waals surface area contributed by atoms with E-state index < -0.39 is 12.0 Å². The fourth-order valence-electron chi connectivity index (χ4n) is 1.32. The molecule has 0 aliphatic carbocycles. The number of aryl methyl sites for hydroxylation is 1. The summed E-state index contributed by atoms with van der Waals surface area (Å²) in [5.41, 5.74) is 4.74. The number of quaternary nitrogens is 1. The molecule has 0 aliphatic heterocycles. The van der Waals surface area contributed by atoms with Gasteiger partial charge in [0.25, 0.3) is 0 Å². The Balaban J connectivity index is 2.26. The quantitative estimate of drug-likeness (QED) is 0.676. The topological polar surface area (TPSA) is 67.8 Å². The lowest BCUT2D eigenvalue weighted by Gasteiger charge is -2.08. The Morgan fingerprint density at radius 3 is 2.57 bits per heavy atom. The highest BCUT2D eigenvalue weighted by atomic mass is 16.4. The second-order valence-corrected chi connectivity index (χ2v) is 3.39. The molecule has 0 saturated carbocycles. The molecular formula is C11H15NO2. The second kappa shape index (κ2) is 5.40. The molecule has 3 N–H and O–H groups in total. The fraction of sp³-hybridized carbons (Fsp3) is 0.364. The SMILES string of the molecule is [NH3+][C@H](CCCc1ccccc1)C(=O)[O-]. The Hall–Kier alpha value is -1.35. The molecule has 0 aromatic heterocycles. The summed E-state index contributed by atoms with van der Waals surface area (Å²) >= 11 is 0.